The van der Waals surface area contributed by atoms with E-state index >= 15 is 0 Å². The van der Waals surface area contributed by atoms with E-state index < -0.39 is 5.91 Å². The Morgan fingerprint density at radius 1 is 1.38 bits per heavy atom. The number of rotatable bonds is 4. The Morgan fingerprint density at radius 3 is 2.50 bits per heavy atom. The summed E-state index contributed by atoms with van der Waals surface area (Å²) >= 11 is 0. The van der Waals surface area contributed by atoms with Crippen molar-refractivity contribution in [1.29, 1.82) is 0 Å². The Labute approximate surface area is 95.2 Å². The number of aliphatic imine (C=N–C) groups is 1. The van der Waals surface area contributed by atoms with E-state index in [2.05, 4.69) is 4.99 Å². The molecule has 0 spiro atoms. The Kier molecular flexibility index (Phi) is 4.62. The smallest absolute Gasteiger partial charge is 0.264 e. The molecule has 0 aliphatic heterocycles. The molecule has 2 atom stereocenters. The van der Waals surface area contributed by atoms with Crippen LogP contribution >= 0.6 is 0 Å². The van der Waals surface area contributed by atoms with Crippen molar-refractivity contribution in [1.82, 2.24) is 0 Å². The summed E-state index contributed by atoms with van der Waals surface area (Å²) in [5.74, 6) is -0.588. The Hall–Kier alpha value is -1.73. The third-order valence-corrected chi connectivity index (χ3v) is 2.79. The molecule has 1 rings (SSSR count). The van der Waals surface area contributed by atoms with Crippen molar-refractivity contribution in [3.63, 3.8) is 0 Å². The average Bonchev–Trinajstić information content (AvgIpc) is 2.31. The van der Waals surface area contributed by atoms with Gasteiger partial charge < -0.3 is 0 Å². The highest BCUT2D eigenvalue weighted by atomic mass is 16.2. The summed E-state index contributed by atoms with van der Waals surface area (Å²) in [5.41, 5.74) is 0.904. The van der Waals surface area contributed by atoms with Crippen LogP contribution in [0.2, 0.25) is 0 Å². The molecular weight excluding hydrogens is 202 g/mol. The first kappa shape index (κ1) is 12.3. The van der Waals surface area contributed by atoms with E-state index in [0.29, 0.717) is 0 Å². The zero-order chi connectivity index (χ0) is 12.0. The predicted octanol–water partition coefficient (Wildman–Crippen LogP) is 2.68. The van der Waals surface area contributed by atoms with Gasteiger partial charge in [0.15, 0.2) is 0 Å². The second kappa shape index (κ2) is 5.99. The standard InChI is InChI=1S/C13H15NO2/c1-3-10(2)12(13(16)14-9-15)11-7-5-4-6-8-11/h4-8,10,12H,3H2,1-2H3. The van der Waals surface area contributed by atoms with Gasteiger partial charge in [-0.2, -0.15) is 0 Å². The first-order valence-corrected chi connectivity index (χ1v) is 5.37. The normalized spacial score (nSPS) is 13.6. The third kappa shape index (κ3) is 2.88. The summed E-state index contributed by atoms with van der Waals surface area (Å²) in [7, 11) is 0. The van der Waals surface area contributed by atoms with Crippen molar-refractivity contribution in [2.24, 2.45) is 10.9 Å². The molecule has 0 aromatic heterocycles. The van der Waals surface area contributed by atoms with Gasteiger partial charge in [-0.15, -0.1) is 4.99 Å². The molecule has 16 heavy (non-hydrogen) atoms. The van der Waals surface area contributed by atoms with Gasteiger partial charge in [0, 0.05) is 0 Å². The lowest BCUT2D eigenvalue weighted by atomic mass is 9.85. The Balaban J connectivity index is 3.06. The summed E-state index contributed by atoms with van der Waals surface area (Å²) in [5, 5.41) is 0. The predicted molar refractivity (Wildman–Crippen MR) is 61.8 cm³/mol. The number of carbonyl (C=O) groups is 1. The first-order chi connectivity index (χ1) is 7.70. The van der Waals surface area contributed by atoms with E-state index in [-0.39, 0.29) is 11.8 Å². The number of hydrogen-bond donors (Lipinski definition) is 0. The number of nitrogens with zero attached hydrogens (tertiary/aromatic N) is 1. The van der Waals surface area contributed by atoms with Gasteiger partial charge in [0.1, 0.15) is 0 Å². The first-order valence-electron chi connectivity index (χ1n) is 5.37. The minimum absolute atomic E-state index is 0.159. The van der Waals surface area contributed by atoms with Crippen LogP contribution in [-0.2, 0) is 9.59 Å². The van der Waals surface area contributed by atoms with Crippen LogP contribution in [-0.4, -0.2) is 12.0 Å². The number of isocyanates is 1. The third-order valence-electron chi connectivity index (χ3n) is 2.79. The van der Waals surface area contributed by atoms with Gasteiger partial charge in [-0.1, -0.05) is 50.6 Å². The molecule has 1 aromatic carbocycles. The van der Waals surface area contributed by atoms with Crippen molar-refractivity contribution in [2.75, 3.05) is 0 Å². The quantitative estimate of drug-likeness (QED) is 0.575. The molecule has 0 bridgehead atoms. The van der Waals surface area contributed by atoms with E-state index in [1.54, 1.807) is 0 Å². The van der Waals surface area contributed by atoms with E-state index in [4.69, 9.17) is 0 Å². The van der Waals surface area contributed by atoms with Crippen LogP contribution < -0.4 is 0 Å². The molecule has 3 heteroatoms. The van der Waals surface area contributed by atoms with Gasteiger partial charge in [0.05, 0.1) is 5.92 Å². The summed E-state index contributed by atoms with van der Waals surface area (Å²) in [6, 6.07) is 9.42. The fraction of sp³-hybridized carbons (Fsp3) is 0.385. The molecule has 2 unspecified atom stereocenters. The van der Waals surface area contributed by atoms with Crippen molar-refractivity contribution in [3.8, 4) is 0 Å². The van der Waals surface area contributed by atoms with Gasteiger partial charge in [0.25, 0.3) is 5.91 Å². The lowest BCUT2D eigenvalue weighted by Gasteiger charge is -2.19. The molecular formula is C13H15NO2. The van der Waals surface area contributed by atoms with Crippen LogP contribution in [0, 0.1) is 5.92 Å². The molecule has 0 radical (unpaired) electrons. The van der Waals surface area contributed by atoms with Crippen LogP contribution in [0.1, 0.15) is 31.7 Å². The fourth-order valence-electron chi connectivity index (χ4n) is 1.73. The zero-order valence-corrected chi connectivity index (χ0v) is 9.51. The average molecular weight is 217 g/mol. The lowest BCUT2D eigenvalue weighted by molar-refractivity contribution is -0.120. The molecule has 0 saturated heterocycles. The highest BCUT2D eigenvalue weighted by Gasteiger charge is 2.25. The highest BCUT2D eigenvalue weighted by molar-refractivity contribution is 5.88. The lowest BCUT2D eigenvalue weighted by Crippen LogP contribution is -2.17. The number of benzene rings is 1. The molecule has 3 nitrogen and oxygen atoms in total. The molecule has 0 aliphatic carbocycles. The summed E-state index contributed by atoms with van der Waals surface area (Å²) in [6.45, 7) is 3.99. The largest absolute Gasteiger partial charge is 0.271 e. The molecule has 84 valence electrons. The van der Waals surface area contributed by atoms with Gasteiger partial charge in [0.2, 0.25) is 6.08 Å². The van der Waals surface area contributed by atoms with Crippen molar-refractivity contribution in [2.45, 2.75) is 26.2 Å². The minimum atomic E-state index is -0.407. The number of carbonyl (C=O) groups excluding carboxylic acids is 2. The molecule has 1 amide bonds. The fourth-order valence-corrected chi connectivity index (χ4v) is 1.73. The second-order valence-electron chi connectivity index (χ2n) is 3.82. The maximum atomic E-state index is 11.7. The van der Waals surface area contributed by atoms with Gasteiger partial charge in [-0.3, -0.25) is 4.79 Å². The zero-order valence-electron chi connectivity index (χ0n) is 9.51. The van der Waals surface area contributed by atoms with Crippen molar-refractivity contribution < 1.29 is 9.59 Å². The van der Waals surface area contributed by atoms with Crippen LogP contribution in [0.25, 0.3) is 0 Å². The second-order valence-corrected chi connectivity index (χ2v) is 3.82. The van der Waals surface area contributed by atoms with Gasteiger partial charge >= 0.3 is 0 Å². The number of amides is 1. The van der Waals surface area contributed by atoms with E-state index in [1.807, 2.05) is 44.2 Å². The van der Waals surface area contributed by atoms with E-state index in [1.165, 1.54) is 6.08 Å². The molecule has 0 fully saturated rings. The van der Waals surface area contributed by atoms with Gasteiger partial charge in [-0.05, 0) is 11.5 Å². The van der Waals surface area contributed by atoms with Crippen LogP contribution in [0.3, 0.4) is 0 Å². The Bertz CT molecular complexity index is 394. The van der Waals surface area contributed by atoms with Gasteiger partial charge in [-0.25, -0.2) is 4.79 Å². The van der Waals surface area contributed by atoms with Crippen LogP contribution in [0.15, 0.2) is 35.3 Å². The van der Waals surface area contributed by atoms with E-state index in [0.717, 1.165) is 12.0 Å². The molecule has 0 saturated carbocycles. The van der Waals surface area contributed by atoms with Crippen LogP contribution in [0.4, 0.5) is 0 Å². The van der Waals surface area contributed by atoms with E-state index in [9.17, 15) is 9.59 Å². The molecule has 0 heterocycles. The topological polar surface area (TPSA) is 46.5 Å². The molecule has 0 N–H and O–H groups in total. The summed E-state index contributed by atoms with van der Waals surface area (Å²) < 4.78 is 0. The monoisotopic (exact) mass is 217 g/mol. The summed E-state index contributed by atoms with van der Waals surface area (Å²) in [6.07, 6.45) is 2.18. The van der Waals surface area contributed by atoms with Crippen molar-refractivity contribution >= 4 is 12.0 Å². The van der Waals surface area contributed by atoms with Crippen molar-refractivity contribution in [3.05, 3.63) is 35.9 Å². The highest BCUT2D eigenvalue weighted by Crippen LogP contribution is 2.27. The Morgan fingerprint density at radius 2 is 2.00 bits per heavy atom. The summed E-state index contributed by atoms with van der Waals surface area (Å²) in [4.78, 5) is 25.1. The molecule has 1 aromatic rings. The molecule has 0 aliphatic rings. The maximum absolute atomic E-state index is 11.7. The SMILES string of the molecule is CCC(C)C(C(=O)N=C=O)c1ccccc1. The number of hydrogen-bond acceptors (Lipinski definition) is 2. The maximum Gasteiger partial charge on any atom is 0.264 e. The van der Waals surface area contributed by atoms with Crippen LogP contribution in [0.5, 0.6) is 0 Å². The minimum Gasteiger partial charge on any atom is -0.271 e.